The molecule has 0 aromatic heterocycles. The standard InChI is InChI=1S/C14H17F3N2O2.ClH/c15-14(16,17)8-21-12-3-1-2-11(7-12)19-13(20)9-4-5-10(18)6-9;/h1-3,7,9-10H,4-6,8,18H2,(H,19,20);1H. The van der Waals surface area contributed by atoms with Gasteiger partial charge in [0.1, 0.15) is 5.75 Å². The number of halogens is 4. The second kappa shape index (κ2) is 7.69. The molecule has 1 aliphatic carbocycles. The molecular weight excluding hydrogens is 321 g/mol. The van der Waals surface area contributed by atoms with Crippen LogP contribution in [0.4, 0.5) is 18.9 Å². The van der Waals surface area contributed by atoms with Crippen LogP contribution in [0.25, 0.3) is 0 Å². The van der Waals surface area contributed by atoms with E-state index >= 15 is 0 Å². The van der Waals surface area contributed by atoms with Crippen molar-refractivity contribution in [2.75, 3.05) is 11.9 Å². The third-order valence-corrected chi connectivity index (χ3v) is 3.35. The van der Waals surface area contributed by atoms with Crippen molar-refractivity contribution in [3.63, 3.8) is 0 Å². The summed E-state index contributed by atoms with van der Waals surface area (Å²) in [6, 6.07) is 5.96. The van der Waals surface area contributed by atoms with E-state index in [4.69, 9.17) is 5.73 Å². The zero-order chi connectivity index (χ0) is 15.5. The van der Waals surface area contributed by atoms with Crippen molar-refractivity contribution in [3.8, 4) is 5.75 Å². The molecule has 0 spiro atoms. The Labute approximate surface area is 132 Å². The molecule has 1 aromatic carbocycles. The summed E-state index contributed by atoms with van der Waals surface area (Å²) >= 11 is 0. The number of anilines is 1. The summed E-state index contributed by atoms with van der Waals surface area (Å²) < 4.78 is 40.9. The maximum Gasteiger partial charge on any atom is 0.422 e. The molecule has 0 aliphatic heterocycles. The van der Waals surface area contributed by atoms with Crippen LogP contribution in [0.2, 0.25) is 0 Å². The highest BCUT2D eigenvalue weighted by molar-refractivity contribution is 5.92. The molecule has 2 atom stereocenters. The van der Waals surface area contributed by atoms with E-state index in [1.807, 2.05) is 0 Å². The normalized spacial score (nSPS) is 21.1. The van der Waals surface area contributed by atoms with E-state index in [1.165, 1.54) is 18.2 Å². The predicted molar refractivity (Wildman–Crippen MR) is 79.2 cm³/mol. The molecule has 1 fully saturated rings. The Balaban J connectivity index is 0.00000242. The van der Waals surface area contributed by atoms with Crippen LogP contribution in [-0.2, 0) is 4.79 Å². The second-order valence-corrected chi connectivity index (χ2v) is 5.19. The van der Waals surface area contributed by atoms with Crippen molar-refractivity contribution in [2.24, 2.45) is 11.7 Å². The number of carbonyl (C=O) groups is 1. The van der Waals surface area contributed by atoms with Gasteiger partial charge < -0.3 is 15.8 Å². The van der Waals surface area contributed by atoms with Gasteiger partial charge in [-0.25, -0.2) is 0 Å². The van der Waals surface area contributed by atoms with Gasteiger partial charge in [-0.3, -0.25) is 4.79 Å². The number of nitrogens with two attached hydrogens (primary N) is 1. The molecule has 0 radical (unpaired) electrons. The van der Waals surface area contributed by atoms with Crippen LogP contribution in [0.1, 0.15) is 19.3 Å². The van der Waals surface area contributed by atoms with Crippen molar-refractivity contribution < 1.29 is 22.7 Å². The Morgan fingerprint density at radius 1 is 1.36 bits per heavy atom. The first-order valence-corrected chi connectivity index (χ1v) is 6.69. The maximum absolute atomic E-state index is 12.1. The molecule has 1 aromatic rings. The third kappa shape index (κ3) is 5.73. The van der Waals surface area contributed by atoms with Crippen LogP contribution in [0.5, 0.6) is 5.75 Å². The molecule has 124 valence electrons. The van der Waals surface area contributed by atoms with E-state index in [-0.39, 0.29) is 36.0 Å². The van der Waals surface area contributed by atoms with Gasteiger partial charge in [-0.05, 0) is 31.4 Å². The third-order valence-electron chi connectivity index (χ3n) is 3.35. The van der Waals surface area contributed by atoms with Gasteiger partial charge in [-0.15, -0.1) is 12.4 Å². The summed E-state index contributed by atoms with van der Waals surface area (Å²) in [5.41, 5.74) is 6.17. The average molecular weight is 339 g/mol. The van der Waals surface area contributed by atoms with Crippen molar-refractivity contribution in [2.45, 2.75) is 31.5 Å². The lowest BCUT2D eigenvalue weighted by atomic mass is 10.1. The van der Waals surface area contributed by atoms with Gasteiger partial charge in [0.05, 0.1) is 0 Å². The zero-order valence-corrected chi connectivity index (χ0v) is 12.5. The highest BCUT2D eigenvalue weighted by atomic mass is 35.5. The van der Waals surface area contributed by atoms with Crippen molar-refractivity contribution in [3.05, 3.63) is 24.3 Å². The average Bonchev–Trinajstić information content (AvgIpc) is 2.83. The Bertz CT molecular complexity index is 511. The van der Waals surface area contributed by atoms with Gasteiger partial charge in [0.25, 0.3) is 0 Å². The zero-order valence-electron chi connectivity index (χ0n) is 11.7. The fourth-order valence-corrected chi connectivity index (χ4v) is 2.33. The predicted octanol–water partition coefficient (Wildman–Crippen LogP) is 3.12. The van der Waals surface area contributed by atoms with E-state index in [1.54, 1.807) is 6.07 Å². The number of hydrogen-bond donors (Lipinski definition) is 2. The highest BCUT2D eigenvalue weighted by Gasteiger charge is 2.29. The molecule has 3 N–H and O–H groups in total. The van der Waals surface area contributed by atoms with Crippen molar-refractivity contribution >= 4 is 24.0 Å². The summed E-state index contributed by atoms with van der Waals surface area (Å²) in [5, 5.41) is 2.69. The number of carbonyl (C=O) groups excluding carboxylic acids is 1. The van der Waals surface area contributed by atoms with E-state index in [9.17, 15) is 18.0 Å². The van der Waals surface area contributed by atoms with Crippen LogP contribution < -0.4 is 15.8 Å². The summed E-state index contributed by atoms with van der Waals surface area (Å²) in [4.78, 5) is 12.0. The number of rotatable bonds is 4. The van der Waals surface area contributed by atoms with Gasteiger partial charge in [-0.1, -0.05) is 6.07 Å². The number of amides is 1. The largest absolute Gasteiger partial charge is 0.484 e. The number of nitrogens with one attached hydrogen (secondary N) is 1. The first kappa shape index (κ1) is 18.6. The molecule has 0 bridgehead atoms. The number of benzene rings is 1. The van der Waals surface area contributed by atoms with Gasteiger partial charge in [-0.2, -0.15) is 13.2 Å². The minimum absolute atomic E-state index is 0. The lowest BCUT2D eigenvalue weighted by Crippen LogP contribution is -2.23. The van der Waals surface area contributed by atoms with E-state index in [0.29, 0.717) is 12.1 Å². The van der Waals surface area contributed by atoms with Gasteiger partial charge in [0.15, 0.2) is 6.61 Å². The number of ether oxygens (including phenoxy) is 1. The molecule has 2 rings (SSSR count). The Kier molecular flexibility index (Phi) is 6.49. The number of hydrogen-bond acceptors (Lipinski definition) is 3. The van der Waals surface area contributed by atoms with Crippen LogP contribution in [0, 0.1) is 5.92 Å². The molecule has 1 aliphatic rings. The molecule has 0 saturated heterocycles. The minimum Gasteiger partial charge on any atom is -0.484 e. The molecule has 1 saturated carbocycles. The highest BCUT2D eigenvalue weighted by Crippen LogP contribution is 2.26. The summed E-state index contributed by atoms with van der Waals surface area (Å²) in [5.74, 6) is -0.232. The second-order valence-electron chi connectivity index (χ2n) is 5.19. The van der Waals surface area contributed by atoms with Crippen LogP contribution >= 0.6 is 12.4 Å². The fourth-order valence-electron chi connectivity index (χ4n) is 2.33. The van der Waals surface area contributed by atoms with E-state index in [2.05, 4.69) is 10.1 Å². The van der Waals surface area contributed by atoms with E-state index in [0.717, 1.165) is 12.8 Å². The first-order chi connectivity index (χ1) is 9.83. The van der Waals surface area contributed by atoms with Crippen LogP contribution in [0.3, 0.4) is 0 Å². The summed E-state index contributed by atoms with van der Waals surface area (Å²) in [6.45, 7) is -1.36. The lowest BCUT2D eigenvalue weighted by molar-refractivity contribution is -0.153. The van der Waals surface area contributed by atoms with Crippen molar-refractivity contribution in [1.29, 1.82) is 0 Å². The monoisotopic (exact) mass is 338 g/mol. The molecule has 2 unspecified atom stereocenters. The van der Waals surface area contributed by atoms with Crippen molar-refractivity contribution in [1.82, 2.24) is 0 Å². The van der Waals surface area contributed by atoms with Crippen LogP contribution in [0.15, 0.2) is 24.3 Å². The maximum atomic E-state index is 12.1. The Morgan fingerprint density at radius 3 is 2.68 bits per heavy atom. The van der Waals surface area contributed by atoms with Crippen LogP contribution in [-0.4, -0.2) is 24.7 Å². The number of alkyl halides is 3. The Morgan fingerprint density at radius 2 is 2.09 bits per heavy atom. The first-order valence-electron chi connectivity index (χ1n) is 6.69. The molecule has 22 heavy (non-hydrogen) atoms. The smallest absolute Gasteiger partial charge is 0.422 e. The minimum atomic E-state index is -4.39. The molecular formula is C14H18ClF3N2O2. The molecule has 4 nitrogen and oxygen atoms in total. The molecule has 0 heterocycles. The van der Waals surface area contributed by atoms with Gasteiger partial charge >= 0.3 is 6.18 Å². The van der Waals surface area contributed by atoms with Gasteiger partial charge in [0, 0.05) is 23.7 Å². The summed E-state index contributed by atoms with van der Waals surface area (Å²) in [7, 11) is 0. The molecule has 8 heteroatoms. The van der Waals surface area contributed by atoms with E-state index < -0.39 is 12.8 Å². The lowest BCUT2D eigenvalue weighted by Gasteiger charge is -2.13. The fraction of sp³-hybridized carbons (Fsp3) is 0.500. The van der Waals surface area contributed by atoms with Gasteiger partial charge in [0.2, 0.25) is 5.91 Å². The quantitative estimate of drug-likeness (QED) is 0.886. The topological polar surface area (TPSA) is 64.4 Å². The summed E-state index contributed by atoms with van der Waals surface area (Å²) in [6.07, 6.45) is -2.21. The SMILES string of the molecule is Cl.NC1CCC(C(=O)Nc2cccc(OCC(F)(F)F)c2)C1. The molecule has 1 amide bonds. The Hall–Kier alpha value is -1.47.